The lowest BCUT2D eigenvalue weighted by atomic mass is 10.1. The van der Waals surface area contributed by atoms with E-state index in [1.54, 1.807) is 0 Å². The van der Waals surface area contributed by atoms with E-state index in [1.807, 2.05) is 23.1 Å². The summed E-state index contributed by atoms with van der Waals surface area (Å²) in [5, 5.41) is 0. The fraction of sp³-hybridized carbons (Fsp3) is 0.455. The van der Waals surface area contributed by atoms with Gasteiger partial charge in [0.15, 0.2) is 0 Å². The fourth-order valence-corrected chi connectivity index (χ4v) is 1.95. The van der Waals surface area contributed by atoms with Gasteiger partial charge in [0.25, 0.3) is 0 Å². The van der Waals surface area contributed by atoms with Gasteiger partial charge in [-0.2, -0.15) is 0 Å². The zero-order valence-corrected chi connectivity index (χ0v) is 8.42. The number of nitrogen functional groups attached to an aromatic ring is 1. The highest BCUT2D eigenvalue weighted by Crippen LogP contribution is 2.30. The smallest absolute Gasteiger partial charge is 0.240 e. The third-order valence-electron chi connectivity index (χ3n) is 2.72. The van der Waals surface area contributed by atoms with E-state index in [9.17, 15) is 8.78 Å². The van der Waals surface area contributed by atoms with Gasteiger partial charge in [-0.25, -0.2) is 8.78 Å². The van der Waals surface area contributed by atoms with Crippen molar-refractivity contribution in [2.45, 2.75) is 19.3 Å². The Bertz CT molecular complexity index is 352. The van der Waals surface area contributed by atoms with Crippen molar-refractivity contribution in [3.8, 4) is 0 Å². The second kappa shape index (κ2) is 4.04. The van der Waals surface area contributed by atoms with Crippen molar-refractivity contribution in [3.63, 3.8) is 0 Å². The molecule has 0 aromatic heterocycles. The molecule has 0 amide bonds. The molecule has 1 aliphatic heterocycles. The van der Waals surface area contributed by atoms with Crippen molar-refractivity contribution in [3.05, 3.63) is 23.8 Å². The van der Waals surface area contributed by atoms with Gasteiger partial charge in [-0.1, -0.05) is 6.07 Å². The van der Waals surface area contributed by atoms with Crippen LogP contribution in [0, 0.1) is 0 Å². The molecular weight excluding hydrogens is 198 g/mol. The van der Waals surface area contributed by atoms with Crippen LogP contribution < -0.4 is 10.6 Å². The lowest BCUT2D eigenvalue weighted by Gasteiger charge is -2.19. The number of hydrogen-bond acceptors (Lipinski definition) is 2. The number of alkyl halides is 2. The summed E-state index contributed by atoms with van der Waals surface area (Å²) >= 11 is 0. The Morgan fingerprint density at radius 3 is 2.93 bits per heavy atom. The van der Waals surface area contributed by atoms with Crippen molar-refractivity contribution in [1.29, 1.82) is 0 Å². The second-order valence-electron chi connectivity index (χ2n) is 3.80. The molecule has 0 aliphatic carbocycles. The molecule has 4 heteroatoms. The summed E-state index contributed by atoms with van der Waals surface area (Å²) in [5.74, 6) is 0. The maximum atomic E-state index is 12.1. The molecule has 0 saturated heterocycles. The van der Waals surface area contributed by atoms with Crippen LogP contribution in [-0.4, -0.2) is 19.5 Å². The predicted molar refractivity (Wildman–Crippen MR) is 57.4 cm³/mol. The van der Waals surface area contributed by atoms with Gasteiger partial charge in [0.2, 0.25) is 6.43 Å². The number of rotatable bonds is 3. The Kier molecular flexibility index (Phi) is 2.75. The van der Waals surface area contributed by atoms with E-state index in [4.69, 9.17) is 5.73 Å². The monoisotopic (exact) mass is 212 g/mol. The van der Waals surface area contributed by atoms with Crippen LogP contribution in [0.3, 0.4) is 0 Å². The van der Waals surface area contributed by atoms with Gasteiger partial charge < -0.3 is 10.6 Å². The summed E-state index contributed by atoms with van der Waals surface area (Å²) < 4.78 is 24.2. The molecule has 0 atom stereocenters. The summed E-state index contributed by atoms with van der Waals surface area (Å²) in [4.78, 5) is 1.98. The van der Waals surface area contributed by atoms with E-state index < -0.39 is 6.43 Å². The van der Waals surface area contributed by atoms with Gasteiger partial charge in [0, 0.05) is 30.9 Å². The molecule has 0 bridgehead atoms. The van der Waals surface area contributed by atoms with Gasteiger partial charge >= 0.3 is 0 Å². The quantitative estimate of drug-likeness (QED) is 0.779. The largest absolute Gasteiger partial charge is 0.399 e. The first kappa shape index (κ1) is 10.2. The van der Waals surface area contributed by atoms with E-state index in [0.29, 0.717) is 12.2 Å². The second-order valence-corrected chi connectivity index (χ2v) is 3.80. The van der Waals surface area contributed by atoms with Gasteiger partial charge in [0.05, 0.1) is 0 Å². The van der Waals surface area contributed by atoms with Crippen molar-refractivity contribution in [2.24, 2.45) is 0 Å². The number of halogens is 2. The summed E-state index contributed by atoms with van der Waals surface area (Å²) in [7, 11) is 0. The molecule has 2 nitrogen and oxygen atoms in total. The number of nitrogens with two attached hydrogens (primary N) is 1. The molecule has 1 aromatic rings. The number of hydrogen-bond donors (Lipinski definition) is 1. The van der Waals surface area contributed by atoms with Crippen LogP contribution in [0.2, 0.25) is 0 Å². The minimum Gasteiger partial charge on any atom is -0.399 e. The van der Waals surface area contributed by atoms with Crippen molar-refractivity contribution in [2.75, 3.05) is 23.7 Å². The lowest BCUT2D eigenvalue weighted by molar-refractivity contribution is 0.140. The normalized spacial score (nSPS) is 14.7. The van der Waals surface area contributed by atoms with E-state index in [0.717, 1.165) is 18.7 Å². The van der Waals surface area contributed by atoms with E-state index in [1.165, 1.54) is 5.56 Å². The lowest BCUT2D eigenvalue weighted by Crippen LogP contribution is -2.23. The number of nitrogens with zero attached hydrogens (tertiary/aromatic N) is 1. The fourth-order valence-electron chi connectivity index (χ4n) is 1.95. The van der Waals surface area contributed by atoms with Crippen molar-refractivity contribution in [1.82, 2.24) is 0 Å². The molecule has 82 valence electrons. The van der Waals surface area contributed by atoms with Crippen LogP contribution in [-0.2, 0) is 6.42 Å². The third kappa shape index (κ3) is 2.19. The van der Waals surface area contributed by atoms with Crippen molar-refractivity contribution >= 4 is 11.4 Å². The highest BCUT2D eigenvalue weighted by Gasteiger charge is 2.19. The van der Waals surface area contributed by atoms with Gasteiger partial charge in [-0.15, -0.1) is 0 Å². The van der Waals surface area contributed by atoms with Gasteiger partial charge in [-0.05, 0) is 24.1 Å². The summed E-state index contributed by atoms with van der Waals surface area (Å²) in [5.41, 5.74) is 8.60. The molecule has 1 aromatic carbocycles. The molecule has 1 aliphatic rings. The van der Waals surface area contributed by atoms with Crippen LogP contribution in [0.4, 0.5) is 20.2 Å². The Balaban J connectivity index is 2.10. The van der Waals surface area contributed by atoms with Gasteiger partial charge in [-0.3, -0.25) is 0 Å². The van der Waals surface area contributed by atoms with Crippen molar-refractivity contribution < 1.29 is 8.78 Å². The van der Waals surface area contributed by atoms with E-state index in [-0.39, 0.29) is 6.42 Å². The first-order chi connectivity index (χ1) is 7.16. The summed E-state index contributed by atoms with van der Waals surface area (Å²) in [6.07, 6.45) is -1.37. The highest BCUT2D eigenvalue weighted by atomic mass is 19.3. The minimum absolute atomic E-state index is 0.0752. The molecule has 0 fully saturated rings. The van der Waals surface area contributed by atoms with Crippen LogP contribution in [0.1, 0.15) is 12.0 Å². The van der Waals surface area contributed by atoms with E-state index in [2.05, 4.69) is 0 Å². The van der Waals surface area contributed by atoms with Crippen LogP contribution >= 0.6 is 0 Å². The maximum Gasteiger partial charge on any atom is 0.240 e. The Morgan fingerprint density at radius 1 is 1.40 bits per heavy atom. The molecule has 15 heavy (non-hydrogen) atoms. The Labute approximate surface area is 87.7 Å². The average molecular weight is 212 g/mol. The average Bonchev–Trinajstić information content (AvgIpc) is 2.57. The maximum absolute atomic E-state index is 12.1. The summed E-state index contributed by atoms with van der Waals surface area (Å²) in [6, 6.07) is 5.70. The first-order valence-corrected chi connectivity index (χ1v) is 5.08. The minimum atomic E-state index is -2.23. The number of fused-ring (bicyclic) bond motifs is 1. The van der Waals surface area contributed by atoms with Crippen LogP contribution in [0.25, 0.3) is 0 Å². The predicted octanol–water partition coefficient (Wildman–Crippen LogP) is 2.29. The topological polar surface area (TPSA) is 29.3 Å². The third-order valence-corrected chi connectivity index (χ3v) is 2.72. The number of anilines is 2. The molecule has 0 radical (unpaired) electrons. The number of benzene rings is 1. The molecular formula is C11H14F2N2. The van der Waals surface area contributed by atoms with Crippen LogP contribution in [0.15, 0.2) is 18.2 Å². The molecule has 1 heterocycles. The summed E-state index contributed by atoms with van der Waals surface area (Å²) in [6.45, 7) is 1.24. The molecule has 2 N–H and O–H groups in total. The van der Waals surface area contributed by atoms with E-state index >= 15 is 0 Å². The Morgan fingerprint density at radius 2 is 2.20 bits per heavy atom. The molecule has 0 unspecified atom stereocenters. The zero-order chi connectivity index (χ0) is 10.8. The van der Waals surface area contributed by atoms with Gasteiger partial charge in [0.1, 0.15) is 0 Å². The zero-order valence-electron chi connectivity index (χ0n) is 8.42. The SMILES string of the molecule is Nc1ccc2c(c1)N(CCC(F)F)CC2. The molecule has 0 spiro atoms. The first-order valence-electron chi connectivity index (χ1n) is 5.08. The standard InChI is InChI=1S/C11H14F2N2/c12-11(13)4-6-15-5-3-8-1-2-9(14)7-10(8)15/h1-2,7,11H,3-6,14H2. The van der Waals surface area contributed by atoms with Crippen LogP contribution in [0.5, 0.6) is 0 Å². The molecule has 2 rings (SSSR count). The molecule has 0 saturated carbocycles. The Hall–Kier alpha value is -1.32. The highest BCUT2D eigenvalue weighted by molar-refractivity contribution is 5.64.